The zero-order chi connectivity index (χ0) is 20.8. The summed E-state index contributed by atoms with van der Waals surface area (Å²) >= 11 is 5.90. The number of rotatable bonds is 7. The van der Waals surface area contributed by atoms with Crippen molar-refractivity contribution in [2.75, 3.05) is 45.7 Å². The van der Waals surface area contributed by atoms with Gasteiger partial charge in [-0.2, -0.15) is 0 Å². The van der Waals surface area contributed by atoms with Crippen molar-refractivity contribution in [2.45, 2.75) is 19.5 Å². The third-order valence-electron chi connectivity index (χ3n) is 5.30. The summed E-state index contributed by atoms with van der Waals surface area (Å²) in [6, 6.07) is 13.0. The van der Waals surface area contributed by atoms with Crippen molar-refractivity contribution in [3.63, 3.8) is 0 Å². The molecular weight excluding hydrogens is 390 g/mol. The zero-order valence-corrected chi connectivity index (χ0v) is 17.9. The van der Waals surface area contributed by atoms with Crippen molar-refractivity contribution >= 4 is 23.2 Å². The predicted molar refractivity (Wildman–Crippen MR) is 116 cm³/mol. The largest absolute Gasteiger partial charge is 0.493 e. The lowest BCUT2D eigenvalue weighted by molar-refractivity contribution is -0.121. The molecule has 3 rings (SSSR count). The second kappa shape index (κ2) is 9.96. The van der Waals surface area contributed by atoms with Gasteiger partial charge in [-0.3, -0.25) is 14.6 Å². The normalized spacial score (nSPS) is 16.3. The van der Waals surface area contributed by atoms with Crippen LogP contribution in [0.2, 0.25) is 5.02 Å². The number of carbonyl (C=O) groups is 1. The Balaban J connectivity index is 1.50. The number of piperazine rings is 1. The minimum Gasteiger partial charge on any atom is -0.493 e. The smallest absolute Gasteiger partial charge is 0.241 e. The molecule has 1 atom stereocenters. The fraction of sp³-hybridized carbons (Fsp3) is 0.409. The van der Waals surface area contributed by atoms with Crippen LogP contribution in [0.3, 0.4) is 0 Å². The lowest BCUT2D eigenvalue weighted by atomic mass is 10.1. The summed E-state index contributed by atoms with van der Waals surface area (Å²) in [4.78, 5) is 17.2. The van der Waals surface area contributed by atoms with Crippen LogP contribution >= 0.6 is 11.6 Å². The molecule has 1 N–H and O–H groups in total. The van der Waals surface area contributed by atoms with Gasteiger partial charge in [0.1, 0.15) is 0 Å². The Morgan fingerprint density at radius 2 is 1.69 bits per heavy atom. The van der Waals surface area contributed by atoms with Crippen LogP contribution < -0.4 is 14.8 Å². The third-order valence-corrected chi connectivity index (χ3v) is 5.55. The number of halogens is 1. The number of hydrogen-bond donors (Lipinski definition) is 1. The van der Waals surface area contributed by atoms with Crippen LogP contribution in [-0.2, 0) is 11.3 Å². The molecular formula is C22H28ClN3O3. The van der Waals surface area contributed by atoms with E-state index in [0.29, 0.717) is 5.02 Å². The van der Waals surface area contributed by atoms with Gasteiger partial charge < -0.3 is 14.8 Å². The van der Waals surface area contributed by atoms with Crippen molar-refractivity contribution in [1.29, 1.82) is 0 Å². The average Bonchev–Trinajstić information content (AvgIpc) is 2.75. The Morgan fingerprint density at radius 1 is 1.03 bits per heavy atom. The van der Waals surface area contributed by atoms with Gasteiger partial charge in [-0.1, -0.05) is 17.7 Å². The number of hydrogen-bond acceptors (Lipinski definition) is 5. The van der Waals surface area contributed by atoms with Crippen LogP contribution in [0, 0.1) is 0 Å². The van der Waals surface area contributed by atoms with Gasteiger partial charge in [-0.15, -0.1) is 0 Å². The van der Waals surface area contributed by atoms with E-state index in [1.165, 1.54) is 5.56 Å². The molecule has 1 aliphatic heterocycles. The molecule has 2 aromatic rings. The lowest BCUT2D eigenvalue weighted by Crippen LogP contribution is -2.52. The van der Waals surface area contributed by atoms with Crippen LogP contribution in [0.5, 0.6) is 11.5 Å². The monoisotopic (exact) mass is 417 g/mol. The number of methoxy groups -OCH3 is 2. The first-order valence-electron chi connectivity index (χ1n) is 9.74. The average molecular weight is 418 g/mol. The van der Waals surface area contributed by atoms with Crippen LogP contribution in [0.15, 0.2) is 42.5 Å². The van der Waals surface area contributed by atoms with E-state index in [4.69, 9.17) is 21.1 Å². The number of nitrogens with zero attached hydrogens (tertiary/aromatic N) is 2. The summed E-state index contributed by atoms with van der Waals surface area (Å²) in [5.41, 5.74) is 1.95. The van der Waals surface area contributed by atoms with E-state index >= 15 is 0 Å². The molecule has 1 saturated heterocycles. The van der Waals surface area contributed by atoms with E-state index in [1.807, 2.05) is 31.2 Å². The van der Waals surface area contributed by atoms with E-state index < -0.39 is 0 Å². The van der Waals surface area contributed by atoms with Crippen molar-refractivity contribution < 1.29 is 14.3 Å². The maximum atomic E-state index is 12.6. The first-order chi connectivity index (χ1) is 14.0. The molecule has 0 spiro atoms. The molecule has 0 aliphatic carbocycles. The highest BCUT2D eigenvalue weighted by Crippen LogP contribution is 2.28. The molecule has 1 heterocycles. The summed E-state index contributed by atoms with van der Waals surface area (Å²) in [7, 11) is 3.29. The number of benzene rings is 2. The molecule has 0 aromatic heterocycles. The fourth-order valence-corrected chi connectivity index (χ4v) is 3.62. The maximum Gasteiger partial charge on any atom is 0.241 e. The molecule has 1 fully saturated rings. The fourth-order valence-electron chi connectivity index (χ4n) is 3.49. The van der Waals surface area contributed by atoms with Crippen LogP contribution in [0.4, 0.5) is 5.69 Å². The van der Waals surface area contributed by atoms with Gasteiger partial charge in [-0.05, 0) is 48.9 Å². The predicted octanol–water partition coefficient (Wildman–Crippen LogP) is 3.50. The van der Waals surface area contributed by atoms with Gasteiger partial charge in [0, 0.05) is 43.4 Å². The van der Waals surface area contributed by atoms with Crippen molar-refractivity contribution in [3.05, 3.63) is 53.1 Å². The first kappa shape index (κ1) is 21.4. The molecule has 7 heteroatoms. The van der Waals surface area contributed by atoms with Crippen molar-refractivity contribution in [1.82, 2.24) is 9.80 Å². The van der Waals surface area contributed by atoms with E-state index in [9.17, 15) is 4.79 Å². The van der Waals surface area contributed by atoms with Crippen molar-refractivity contribution in [3.8, 4) is 11.5 Å². The summed E-state index contributed by atoms with van der Waals surface area (Å²) in [5, 5.41) is 3.62. The Hall–Kier alpha value is -2.28. The SMILES string of the molecule is COc1ccc(CN2CCN([C@@H](C)C(=O)Nc3ccc(Cl)cc3)CC2)cc1OC. The maximum absolute atomic E-state index is 12.6. The molecule has 156 valence electrons. The summed E-state index contributed by atoms with van der Waals surface area (Å²) < 4.78 is 10.7. The van der Waals surface area contributed by atoms with E-state index in [2.05, 4.69) is 21.2 Å². The quantitative estimate of drug-likeness (QED) is 0.747. The number of nitrogens with one attached hydrogen (secondary N) is 1. The Morgan fingerprint density at radius 3 is 2.31 bits per heavy atom. The number of ether oxygens (including phenoxy) is 2. The first-order valence-corrected chi connectivity index (χ1v) is 10.1. The molecule has 1 aliphatic rings. The third kappa shape index (κ3) is 5.63. The Labute approximate surface area is 177 Å². The van der Waals surface area contributed by atoms with Gasteiger partial charge in [0.05, 0.1) is 20.3 Å². The van der Waals surface area contributed by atoms with Crippen LogP contribution in [0.25, 0.3) is 0 Å². The van der Waals surface area contributed by atoms with Gasteiger partial charge in [0.15, 0.2) is 11.5 Å². The topological polar surface area (TPSA) is 54.0 Å². The van der Waals surface area contributed by atoms with E-state index in [-0.39, 0.29) is 11.9 Å². The Bertz CT molecular complexity index is 821. The molecule has 6 nitrogen and oxygen atoms in total. The highest BCUT2D eigenvalue weighted by molar-refractivity contribution is 6.30. The lowest BCUT2D eigenvalue weighted by Gasteiger charge is -2.37. The van der Waals surface area contributed by atoms with Crippen molar-refractivity contribution in [2.24, 2.45) is 0 Å². The van der Waals surface area contributed by atoms with Crippen LogP contribution in [0.1, 0.15) is 12.5 Å². The van der Waals surface area contributed by atoms with Crippen LogP contribution in [-0.4, -0.2) is 62.1 Å². The number of amides is 1. The summed E-state index contributed by atoms with van der Waals surface area (Å²) in [5.74, 6) is 1.48. The summed E-state index contributed by atoms with van der Waals surface area (Å²) in [6.07, 6.45) is 0. The standard InChI is InChI=1S/C22H28ClN3O3/c1-16(22(27)24-19-7-5-18(23)6-8-19)26-12-10-25(11-13-26)15-17-4-9-20(28-2)21(14-17)29-3/h4-9,14,16H,10-13,15H2,1-3H3,(H,24,27)/t16-/m0/s1. The van der Waals surface area contributed by atoms with Gasteiger partial charge in [0.2, 0.25) is 5.91 Å². The molecule has 2 aromatic carbocycles. The van der Waals surface area contributed by atoms with Gasteiger partial charge in [0.25, 0.3) is 0 Å². The molecule has 1 amide bonds. The molecule has 29 heavy (non-hydrogen) atoms. The van der Waals surface area contributed by atoms with Gasteiger partial charge >= 0.3 is 0 Å². The number of carbonyl (C=O) groups excluding carboxylic acids is 1. The second-order valence-corrected chi connectivity index (χ2v) is 7.61. The summed E-state index contributed by atoms with van der Waals surface area (Å²) in [6.45, 7) is 6.32. The van der Waals surface area contributed by atoms with Gasteiger partial charge in [-0.25, -0.2) is 0 Å². The van der Waals surface area contributed by atoms with E-state index in [0.717, 1.165) is 49.9 Å². The number of anilines is 1. The molecule has 0 saturated carbocycles. The highest BCUT2D eigenvalue weighted by atomic mass is 35.5. The second-order valence-electron chi connectivity index (χ2n) is 7.17. The highest BCUT2D eigenvalue weighted by Gasteiger charge is 2.25. The molecule has 0 unspecified atom stereocenters. The Kier molecular flexibility index (Phi) is 7.36. The molecule has 0 bridgehead atoms. The minimum absolute atomic E-state index is 0.000614. The minimum atomic E-state index is -0.186. The van der Waals surface area contributed by atoms with E-state index in [1.54, 1.807) is 26.4 Å². The zero-order valence-electron chi connectivity index (χ0n) is 17.2. The molecule has 0 radical (unpaired) electrons.